The van der Waals surface area contributed by atoms with E-state index in [1.54, 1.807) is 48.5 Å². The van der Waals surface area contributed by atoms with E-state index < -0.39 is 31.0 Å². The van der Waals surface area contributed by atoms with Gasteiger partial charge in [0.25, 0.3) is 0 Å². The molecule has 41 heavy (non-hydrogen) atoms. The molecule has 2 atom stereocenters. The molecule has 0 aliphatic rings. The van der Waals surface area contributed by atoms with Crippen molar-refractivity contribution in [1.82, 2.24) is 0 Å². The van der Waals surface area contributed by atoms with E-state index in [2.05, 4.69) is 13.8 Å². The number of aliphatic hydroxyl groups is 2. The molecule has 0 saturated carbocycles. The lowest BCUT2D eigenvalue weighted by atomic mass is 9.78. The summed E-state index contributed by atoms with van der Waals surface area (Å²) in [4.78, 5) is 24.2. The van der Waals surface area contributed by atoms with Crippen molar-refractivity contribution >= 4 is 22.7 Å². The van der Waals surface area contributed by atoms with Gasteiger partial charge < -0.3 is 29.5 Å². The molecule has 4 aromatic carbocycles. The first-order chi connectivity index (χ1) is 19.6. The molecule has 214 valence electrons. The van der Waals surface area contributed by atoms with Gasteiger partial charge >= 0.3 is 11.9 Å². The molecule has 3 N–H and O–H groups in total. The van der Waals surface area contributed by atoms with Crippen LogP contribution in [-0.2, 0) is 10.2 Å². The predicted octanol–water partition coefficient (Wildman–Crippen LogP) is 5.13. The molecule has 0 bridgehead atoms. The predicted molar refractivity (Wildman–Crippen MR) is 150 cm³/mol. The van der Waals surface area contributed by atoms with Crippen molar-refractivity contribution in [3.05, 3.63) is 107 Å². The molecule has 0 aromatic heterocycles. The first-order valence-corrected chi connectivity index (χ1v) is 13.0. The Bertz CT molecular complexity index is 1500. The van der Waals surface area contributed by atoms with E-state index in [4.69, 9.17) is 19.3 Å². The number of esters is 1. The van der Waals surface area contributed by atoms with Gasteiger partial charge in [0.1, 0.15) is 37.4 Å². The summed E-state index contributed by atoms with van der Waals surface area (Å²) in [5.41, 5.74) is 1.93. The number of ether oxygens (including phenoxy) is 3. The molecule has 0 aliphatic heterocycles. The monoisotopic (exact) mass is 562 g/mol. The summed E-state index contributed by atoms with van der Waals surface area (Å²) in [6.07, 6.45) is -3.12. The summed E-state index contributed by atoms with van der Waals surface area (Å²) in [7, 11) is 0. The number of benzene rings is 4. The number of carbonyl (C=O) groups excluding carboxylic acids is 1. The van der Waals surface area contributed by atoms with Gasteiger partial charge in [0.2, 0.25) is 6.36 Å². The second kappa shape index (κ2) is 12.8. The van der Waals surface area contributed by atoms with Crippen molar-refractivity contribution in [2.75, 3.05) is 19.8 Å². The van der Waals surface area contributed by atoms with Crippen molar-refractivity contribution < 1.29 is 43.5 Å². The topological polar surface area (TPSA) is 123 Å². The Hall–Kier alpha value is -4.47. The fourth-order valence-electron chi connectivity index (χ4n) is 4.42. The maximum atomic E-state index is 12.7. The molecule has 0 saturated heterocycles. The summed E-state index contributed by atoms with van der Waals surface area (Å²) < 4.78 is 28.7. The number of rotatable bonds is 12. The van der Waals surface area contributed by atoms with E-state index in [1.165, 1.54) is 12.1 Å². The molecule has 0 radical (unpaired) electrons. The van der Waals surface area contributed by atoms with E-state index in [1.807, 2.05) is 24.3 Å². The van der Waals surface area contributed by atoms with Gasteiger partial charge in [-0.05, 0) is 58.3 Å². The largest absolute Gasteiger partial charge is 0.491 e. The third kappa shape index (κ3) is 7.19. The van der Waals surface area contributed by atoms with Gasteiger partial charge in [-0.1, -0.05) is 62.4 Å². The number of carboxylic acid groups (broad SMARTS) is 1. The van der Waals surface area contributed by atoms with E-state index in [-0.39, 0.29) is 29.8 Å². The number of aliphatic hydroxyl groups excluding tert-OH is 2. The highest BCUT2D eigenvalue weighted by Crippen LogP contribution is 2.33. The summed E-state index contributed by atoms with van der Waals surface area (Å²) in [6, 6.07) is 24.0. The number of carbonyl (C=O) groups is 2. The average Bonchev–Trinajstić information content (AvgIpc) is 2.97. The van der Waals surface area contributed by atoms with Crippen LogP contribution in [0.2, 0.25) is 0 Å². The number of hydrogen-bond acceptors (Lipinski definition) is 7. The normalized spacial score (nSPS) is 12.9. The highest BCUT2D eigenvalue weighted by Gasteiger charge is 2.23. The van der Waals surface area contributed by atoms with E-state index >= 15 is 0 Å². The van der Waals surface area contributed by atoms with Gasteiger partial charge in [0.05, 0.1) is 11.1 Å². The van der Waals surface area contributed by atoms with E-state index in [0.717, 1.165) is 11.1 Å². The maximum absolute atomic E-state index is 12.7. The summed E-state index contributed by atoms with van der Waals surface area (Å²) in [5.74, 6) is -0.788. The molecule has 0 aliphatic carbocycles. The van der Waals surface area contributed by atoms with Gasteiger partial charge in [0, 0.05) is 5.41 Å². The quantitative estimate of drug-likeness (QED) is 0.203. The van der Waals surface area contributed by atoms with Gasteiger partial charge in [-0.3, -0.25) is 0 Å². The fraction of sp³-hybridized carbons (Fsp3) is 0.250. The summed E-state index contributed by atoms with van der Waals surface area (Å²) in [5, 5.41) is 29.3. The zero-order valence-corrected chi connectivity index (χ0v) is 22.6. The van der Waals surface area contributed by atoms with Crippen LogP contribution in [0.3, 0.4) is 0 Å². The standard InChI is InChI=1S/C32H31FO8/c1-32(2,21-9-13-24(14-10-21)40-19-29(33)35)20-7-11-23(12-8-20)39-17-22(34)18-41-31(38)28-16-15-27(30(36)37)25-5-3-4-6-26(25)28/h3-16,22,29,34-35H,17-19H2,1-2H3,(H,36,37). The molecule has 9 heteroatoms. The minimum Gasteiger partial charge on any atom is -0.491 e. The lowest BCUT2D eigenvalue weighted by molar-refractivity contribution is 0.00110. The van der Waals surface area contributed by atoms with Crippen LogP contribution in [0.15, 0.2) is 84.9 Å². The number of carboxylic acids is 1. The maximum Gasteiger partial charge on any atom is 0.338 e. The molecular formula is C32H31FO8. The molecule has 0 spiro atoms. The fourth-order valence-corrected chi connectivity index (χ4v) is 4.42. The third-order valence-corrected chi connectivity index (χ3v) is 6.76. The van der Waals surface area contributed by atoms with Crippen molar-refractivity contribution in [1.29, 1.82) is 0 Å². The van der Waals surface area contributed by atoms with Crippen LogP contribution < -0.4 is 9.47 Å². The molecule has 0 heterocycles. The first kappa shape index (κ1) is 29.5. The second-order valence-corrected chi connectivity index (χ2v) is 9.99. The number of alkyl halides is 1. The molecule has 2 unspecified atom stereocenters. The lowest BCUT2D eigenvalue weighted by Gasteiger charge is -2.26. The lowest BCUT2D eigenvalue weighted by Crippen LogP contribution is -2.25. The van der Waals surface area contributed by atoms with Crippen molar-refractivity contribution in [3.63, 3.8) is 0 Å². The highest BCUT2D eigenvalue weighted by molar-refractivity contribution is 6.11. The Kier molecular flexibility index (Phi) is 9.21. The van der Waals surface area contributed by atoms with Crippen molar-refractivity contribution in [3.8, 4) is 11.5 Å². The Balaban J connectivity index is 1.31. The van der Waals surface area contributed by atoms with Gasteiger partial charge in [-0.2, -0.15) is 0 Å². The Labute approximate surface area is 236 Å². The number of fused-ring (bicyclic) bond motifs is 1. The smallest absolute Gasteiger partial charge is 0.338 e. The zero-order valence-electron chi connectivity index (χ0n) is 22.6. The Morgan fingerprint density at radius 3 is 1.73 bits per heavy atom. The van der Waals surface area contributed by atoms with Crippen LogP contribution in [0.5, 0.6) is 11.5 Å². The van der Waals surface area contributed by atoms with Gasteiger partial charge in [-0.15, -0.1) is 0 Å². The van der Waals surface area contributed by atoms with Crippen molar-refractivity contribution in [2.24, 2.45) is 0 Å². The molecule has 4 aromatic rings. The first-order valence-electron chi connectivity index (χ1n) is 13.0. The molecule has 8 nitrogen and oxygen atoms in total. The van der Waals surface area contributed by atoms with E-state index in [0.29, 0.717) is 22.3 Å². The summed E-state index contributed by atoms with van der Waals surface area (Å²) >= 11 is 0. The number of hydrogen-bond donors (Lipinski definition) is 3. The highest BCUT2D eigenvalue weighted by atomic mass is 19.1. The van der Waals surface area contributed by atoms with Crippen LogP contribution in [0.4, 0.5) is 4.39 Å². The number of halogens is 1. The van der Waals surface area contributed by atoms with Crippen LogP contribution in [-0.4, -0.2) is 59.5 Å². The second-order valence-electron chi connectivity index (χ2n) is 9.99. The average molecular weight is 563 g/mol. The van der Waals surface area contributed by atoms with Gasteiger partial charge in [-0.25, -0.2) is 14.0 Å². The van der Waals surface area contributed by atoms with E-state index in [9.17, 15) is 24.2 Å². The minimum atomic E-state index is -2.03. The third-order valence-electron chi connectivity index (χ3n) is 6.76. The molecular weight excluding hydrogens is 531 g/mol. The van der Waals surface area contributed by atoms with Crippen LogP contribution in [0, 0.1) is 0 Å². The number of aromatic carboxylic acids is 1. The van der Waals surface area contributed by atoms with Crippen LogP contribution in [0.1, 0.15) is 45.7 Å². The van der Waals surface area contributed by atoms with Crippen LogP contribution in [0.25, 0.3) is 10.8 Å². The Morgan fingerprint density at radius 1 is 0.732 bits per heavy atom. The Morgan fingerprint density at radius 2 is 1.22 bits per heavy atom. The summed E-state index contributed by atoms with van der Waals surface area (Å²) in [6.45, 7) is 3.27. The SMILES string of the molecule is CC(C)(c1ccc(OCC(O)F)cc1)c1ccc(OCC(O)COC(=O)c2ccc(C(=O)O)c3ccccc23)cc1. The molecule has 0 fully saturated rings. The van der Waals surface area contributed by atoms with Gasteiger partial charge in [0.15, 0.2) is 0 Å². The van der Waals surface area contributed by atoms with Crippen molar-refractivity contribution in [2.45, 2.75) is 31.7 Å². The molecule has 0 amide bonds. The van der Waals surface area contributed by atoms with Crippen LogP contribution >= 0.6 is 0 Å². The zero-order chi connectivity index (χ0) is 29.6. The molecule has 4 rings (SSSR count). The minimum absolute atomic E-state index is 0.0826.